The van der Waals surface area contributed by atoms with Crippen molar-refractivity contribution in [3.05, 3.63) is 85.9 Å². The lowest BCUT2D eigenvalue weighted by atomic mass is 10.1. The fourth-order valence-electron chi connectivity index (χ4n) is 3.65. The van der Waals surface area contributed by atoms with Crippen molar-refractivity contribution in [3.63, 3.8) is 0 Å². The van der Waals surface area contributed by atoms with Gasteiger partial charge in [0, 0.05) is 29.2 Å². The number of quaternary nitrogens is 1. The number of rotatable bonds is 5. The normalized spacial score (nSPS) is 15.6. The van der Waals surface area contributed by atoms with Crippen molar-refractivity contribution < 1.29 is 14.6 Å². The van der Waals surface area contributed by atoms with Crippen LogP contribution in [0.3, 0.4) is 0 Å². The molecule has 148 valence electrons. The van der Waals surface area contributed by atoms with E-state index in [9.17, 15) is 14.9 Å². The van der Waals surface area contributed by atoms with E-state index in [0.717, 1.165) is 31.7 Å². The number of nitro groups is 1. The summed E-state index contributed by atoms with van der Waals surface area (Å²) in [7, 11) is 0. The fourth-order valence-corrected chi connectivity index (χ4v) is 4.72. The highest BCUT2D eigenvalue weighted by molar-refractivity contribution is 7.15. The van der Waals surface area contributed by atoms with Crippen LogP contribution < -0.4 is 10.2 Å². The zero-order chi connectivity index (χ0) is 20.4. The number of anilines is 1. The summed E-state index contributed by atoms with van der Waals surface area (Å²) in [6.45, 7) is 4.44. The molecule has 1 amide bonds. The number of aromatic nitrogens is 1. The highest BCUT2D eigenvalue weighted by atomic mass is 32.1. The summed E-state index contributed by atoms with van der Waals surface area (Å²) < 4.78 is 0. The summed E-state index contributed by atoms with van der Waals surface area (Å²) in [6.07, 6.45) is 0.875. The lowest BCUT2D eigenvalue weighted by Gasteiger charge is -2.22. The molecule has 2 N–H and O–H groups in total. The maximum atomic E-state index is 12.7. The number of carbonyl (C=O) groups is 1. The molecule has 1 aromatic heterocycles. The maximum Gasteiger partial charge on any atom is 0.273 e. The third-order valence-corrected chi connectivity index (χ3v) is 6.18. The zero-order valence-corrected chi connectivity index (χ0v) is 16.8. The molecule has 1 atom stereocenters. The van der Waals surface area contributed by atoms with E-state index in [2.05, 4.69) is 34.6 Å². The SMILES string of the molecule is Cc1c(C(=O)Nc2nc3c(s2)C[NH+](Cc2ccccc2)CC3)cccc1[N+](=O)[O-]. The van der Waals surface area contributed by atoms with E-state index < -0.39 is 4.92 Å². The molecule has 0 radical (unpaired) electrons. The number of nitro benzene ring substituents is 1. The van der Waals surface area contributed by atoms with Crippen molar-refractivity contribution in [1.82, 2.24) is 4.98 Å². The van der Waals surface area contributed by atoms with Gasteiger partial charge in [0.25, 0.3) is 11.6 Å². The quantitative estimate of drug-likeness (QED) is 0.501. The van der Waals surface area contributed by atoms with E-state index in [0.29, 0.717) is 16.3 Å². The first-order chi connectivity index (χ1) is 14.0. The molecule has 0 saturated carbocycles. The van der Waals surface area contributed by atoms with Crippen molar-refractivity contribution in [2.75, 3.05) is 11.9 Å². The smallest absolute Gasteiger partial charge is 0.273 e. The number of carbonyl (C=O) groups excluding carboxylic acids is 1. The molecule has 0 fully saturated rings. The monoisotopic (exact) mass is 409 g/mol. The Bertz CT molecular complexity index is 1070. The standard InChI is InChI=1S/C21H20N4O3S/c1-14-16(8-5-9-18(14)25(27)28)20(26)23-21-22-17-10-11-24(13-19(17)29-21)12-15-6-3-2-4-7-15/h2-9H,10-13H2,1H3,(H,22,23,26)/p+1. The Hall–Kier alpha value is -3.10. The Balaban J connectivity index is 1.46. The van der Waals surface area contributed by atoms with E-state index in [1.54, 1.807) is 13.0 Å². The van der Waals surface area contributed by atoms with E-state index in [4.69, 9.17) is 0 Å². The van der Waals surface area contributed by atoms with Gasteiger partial charge >= 0.3 is 0 Å². The average molecular weight is 409 g/mol. The van der Waals surface area contributed by atoms with Crippen molar-refractivity contribution >= 4 is 28.1 Å². The molecule has 0 bridgehead atoms. The molecule has 29 heavy (non-hydrogen) atoms. The molecule has 1 aliphatic heterocycles. The summed E-state index contributed by atoms with van der Waals surface area (Å²) in [4.78, 5) is 30.5. The van der Waals surface area contributed by atoms with Gasteiger partial charge in [0.1, 0.15) is 13.1 Å². The predicted molar refractivity (Wildman–Crippen MR) is 111 cm³/mol. The number of hydrogen-bond acceptors (Lipinski definition) is 5. The van der Waals surface area contributed by atoms with E-state index in [-0.39, 0.29) is 11.6 Å². The van der Waals surface area contributed by atoms with Crippen LogP contribution in [-0.2, 0) is 19.5 Å². The topological polar surface area (TPSA) is 89.6 Å². The Kier molecular flexibility index (Phi) is 5.37. The van der Waals surface area contributed by atoms with Gasteiger partial charge in [-0.1, -0.05) is 47.7 Å². The maximum absolute atomic E-state index is 12.7. The van der Waals surface area contributed by atoms with Crippen molar-refractivity contribution in [2.24, 2.45) is 0 Å². The molecule has 2 aromatic carbocycles. The molecule has 3 aromatic rings. The number of nitrogens with one attached hydrogen (secondary N) is 2. The number of benzene rings is 2. The van der Waals surface area contributed by atoms with Gasteiger partial charge in [0.2, 0.25) is 0 Å². The summed E-state index contributed by atoms with van der Waals surface area (Å²) in [6, 6.07) is 14.9. The van der Waals surface area contributed by atoms with Gasteiger partial charge in [0.15, 0.2) is 5.13 Å². The van der Waals surface area contributed by atoms with Crippen LogP contribution in [0.4, 0.5) is 10.8 Å². The van der Waals surface area contributed by atoms with Crippen molar-refractivity contribution in [1.29, 1.82) is 0 Å². The van der Waals surface area contributed by atoms with Gasteiger partial charge in [-0.2, -0.15) is 0 Å². The number of fused-ring (bicyclic) bond motifs is 1. The number of amides is 1. The van der Waals surface area contributed by atoms with Gasteiger partial charge in [-0.15, -0.1) is 0 Å². The van der Waals surface area contributed by atoms with Gasteiger partial charge in [-0.3, -0.25) is 20.2 Å². The minimum absolute atomic E-state index is 0.0590. The molecule has 4 rings (SSSR count). The highest BCUT2D eigenvalue weighted by Gasteiger charge is 2.25. The van der Waals surface area contributed by atoms with Crippen LogP contribution in [0.15, 0.2) is 48.5 Å². The van der Waals surface area contributed by atoms with Gasteiger partial charge in [0.05, 0.1) is 22.0 Å². The second kappa shape index (κ2) is 8.10. The van der Waals surface area contributed by atoms with Gasteiger partial charge in [-0.25, -0.2) is 4.98 Å². The van der Waals surface area contributed by atoms with Crippen LogP contribution >= 0.6 is 11.3 Å². The molecule has 7 nitrogen and oxygen atoms in total. The van der Waals surface area contributed by atoms with Gasteiger partial charge < -0.3 is 4.90 Å². The van der Waals surface area contributed by atoms with Crippen molar-refractivity contribution in [2.45, 2.75) is 26.4 Å². The first-order valence-corrected chi connectivity index (χ1v) is 10.2. The Morgan fingerprint density at radius 1 is 1.24 bits per heavy atom. The lowest BCUT2D eigenvalue weighted by molar-refractivity contribution is -0.929. The minimum atomic E-state index is -0.474. The van der Waals surface area contributed by atoms with E-state index in [1.165, 1.54) is 38.8 Å². The second-order valence-electron chi connectivity index (χ2n) is 7.14. The average Bonchev–Trinajstić information content (AvgIpc) is 3.10. The second-order valence-corrected chi connectivity index (χ2v) is 8.22. The Morgan fingerprint density at radius 2 is 2.03 bits per heavy atom. The number of hydrogen-bond donors (Lipinski definition) is 2. The van der Waals surface area contributed by atoms with Crippen LogP contribution in [0.1, 0.15) is 32.1 Å². The first kappa shape index (κ1) is 19.2. The summed E-state index contributed by atoms with van der Waals surface area (Å²) in [5.41, 5.74) is 2.94. The van der Waals surface area contributed by atoms with Crippen LogP contribution in [0.25, 0.3) is 0 Å². The molecule has 0 aliphatic carbocycles. The van der Waals surface area contributed by atoms with Crippen LogP contribution in [0.2, 0.25) is 0 Å². The molecule has 8 heteroatoms. The van der Waals surface area contributed by atoms with Crippen LogP contribution in [0.5, 0.6) is 0 Å². The highest BCUT2D eigenvalue weighted by Crippen LogP contribution is 2.26. The molecular formula is C21H21N4O3S+. The summed E-state index contributed by atoms with van der Waals surface area (Å²) >= 11 is 1.49. The number of thiazole rings is 1. The van der Waals surface area contributed by atoms with Crippen LogP contribution in [0, 0.1) is 17.0 Å². The molecular weight excluding hydrogens is 388 g/mol. The van der Waals surface area contributed by atoms with Crippen LogP contribution in [-0.4, -0.2) is 22.4 Å². The van der Waals surface area contributed by atoms with E-state index in [1.807, 2.05) is 6.07 Å². The van der Waals surface area contributed by atoms with Gasteiger partial charge in [-0.05, 0) is 13.0 Å². The number of nitrogens with zero attached hydrogens (tertiary/aromatic N) is 2. The largest absolute Gasteiger partial charge is 0.326 e. The first-order valence-electron chi connectivity index (χ1n) is 9.42. The van der Waals surface area contributed by atoms with Crippen molar-refractivity contribution in [3.8, 4) is 0 Å². The summed E-state index contributed by atoms with van der Waals surface area (Å²) in [5.74, 6) is -0.370. The Morgan fingerprint density at radius 3 is 2.79 bits per heavy atom. The third-order valence-electron chi connectivity index (χ3n) is 5.17. The molecule has 2 heterocycles. The van der Waals surface area contributed by atoms with E-state index >= 15 is 0 Å². The summed E-state index contributed by atoms with van der Waals surface area (Å²) in [5, 5.41) is 14.5. The molecule has 0 spiro atoms. The minimum Gasteiger partial charge on any atom is -0.326 e. The Labute approximate surface area is 172 Å². The lowest BCUT2D eigenvalue weighted by Crippen LogP contribution is -3.10. The third kappa shape index (κ3) is 4.18. The predicted octanol–water partition coefficient (Wildman–Crippen LogP) is 2.75. The molecule has 1 aliphatic rings. The fraction of sp³-hybridized carbons (Fsp3) is 0.238. The molecule has 1 unspecified atom stereocenters. The molecule has 0 saturated heterocycles. The zero-order valence-electron chi connectivity index (χ0n) is 16.0.